The van der Waals surface area contributed by atoms with Crippen molar-refractivity contribution in [3.8, 4) is 39.3 Å². The topological polar surface area (TPSA) is 30.2 Å². The van der Waals surface area contributed by atoms with Crippen LogP contribution in [0.3, 0.4) is 0 Å². The first-order valence-electron chi connectivity index (χ1n) is 22.8. The molecule has 0 bridgehead atoms. The van der Waals surface area contributed by atoms with E-state index < -0.39 is 0 Å². The Morgan fingerprint density at radius 2 is 1.20 bits per heavy atom. The molecular weight excluding hydrogens is 799 g/mol. The first-order valence-corrected chi connectivity index (χ1v) is 22.8. The van der Waals surface area contributed by atoms with Crippen molar-refractivity contribution in [2.75, 3.05) is 0 Å². The number of benzene rings is 9. The van der Waals surface area contributed by atoms with Gasteiger partial charge < -0.3 is 0 Å². The quantitative estimate of drug-likeness (QED) is 0.111. The highest BCUT2D eigenvalue weighted by molar-refractivity contribution is 6.25. The number of aryl methyl sites for hydroxylation is 2. The highest BCUT2D eigenvalue weighted by atomic mass is 15.1. The minimum absolute atomic E-state index is 0.911. The lowest BCUT2D eigenvalue weighted by Crippen LogP contribution is -2.01. The van der Waals surface area contributed by atoms with Crippen molar-refractivity contribution in [3.63, 3.8) is 0 Å². The molecule has 0 saturated carbocycles. The molecule has 1 aromatic heterocycles. The van der Waals surface area contributed by atoms with Crippen LogP contribution < -0.4 is 0 Å². The van der Waals surface area contributed by atoms with E-state index in [1.165, 1.54) is 87.8 Å². The van der Waals surface area contributed by atoms with Gasteiger partial charge in [-0.2, -0.15) is 0 Å². The van der Waals surface area contributed by atoms with Crippen LogP contribution in [0, 0.1) is 13.8 Å². The molecule has 0 saturated heterocycles. The normalized spacial score (nSPS) is 12.6. The fourth-order valence-corrected chi connectivity index (χ4v) is 9.57. The second-order valence-corrected chi connectivity index (χ2v) is 17.0. The molecule has 0 aliphatic carbocycles. The Morgan fingerprint density at radius 1 is 0.591 bits per heavy atom. The summed E-state index contributed by atoms with van der Waals surface area (Å²) in [7, 11) is 0. The van der Waals surface area contributed by atoms with Gasteiger partial charge in [0.05, 0.1) is 17.1 Å². The van der Waals surface area contributed by atoms with Gasteiger partial charge in [-0.25, -0.2) is 4.98 Å². The average Bonchev–Trinajstić information content (AvgIpc) is 3.95. The Bertz CT molecular complexity index is 3600. The van der Waals surface area contributed by atoms with Crippen LogP contribution in [-0.4, -0.2) is 15.3 Å². The Balaban J connectivity index is 0.000000290. The predicted molar refractivity (Wildman–Crippen MR) is 284 cm³/mol. The molecule has 1 aliphatic rings. The molecular formula is C63H51N3. The van der Waals surface area contributed by atoms with E-state index >= 15 is 0 Å². The molecule has 0 unspecified atom stereocenters. The molecule has 11 rings (SSSR count). The van der Waals surface area contributed by atoms with Gasteiger partial charge in [-0.05, 0) is 128 Å². The van der Waals surface area contributed by atoms with Gasteiger partial charge in [-0.15, -0.1) is 0 Å². The summed E-state index contributed by atoms with van der Waals surface area (Å²) in [6.07, 6.45) is 13.1. The Kier molecular flexibility index (Phi) is 11.5. The van der Waals surface area contributed by atoms with Crippen LogP contribution in [0.4, 0.5) is 5.69 Å². The molecule has 0 amide bonds. The van der Waals surface area contributed by atoms with E-state index in [0.717, 1.165) is 40.6 Å². The minimum Gasteiger partial charge on any atom is -0.293 e. The number of allylic oxidation sites excluding steroid dienone is 6. The van der Waals surface area contributed by atoms with Crippen molar-refractivity contribution in [2.24, 2.45) is 4.99 Å². The summed E-state index contributed by atoms with van der Waals surface area (Å²) in [6.45, 7) is 12.4. The summed E-state index contributed by atoms with van der Waals surface area (Å²) in [5, 5.41) is 9.87. The van der Waals surface area contributed by atoms with Crippen LogP contribution in [0.15, 0.2) is 223 Å². The predicted octanol–water partition coefficient (Wildman–Crippen LogP) is 17.1. The lowest BCUT2D eigenvalue weighted by Gasteiger charge is -2.21. The van der Waals surface area contributed by atoms with Gasteiger partial charge in [0.25, 0.3) is 0 Å². The average molecular weight is 850 g/mol. The monoisotopic (exact) mass is 849 g/mol. The van der Waals surface area contributed by atoms with Gasteiger partial charge in [0, 0.05) is 23.4 Å². The zero-order chi connectivity index (χ0) is 45.1. The second-order valence-electron chi connectivity index (χ2n) is 17.0. The first-order chi connectivity index (χ1) is 32.4. The highest BCUT2D eigenvalue weighted by Gasteiger charge is 2.22. The molecule has 3 nitrogen and oxygen atoms in total. The van der Waals surface area contributed by atoms with Gasteiger partial charge in [-0.1, -0.05) is 200 Å². The molecule has 3 heteroatoms. The number of hydrogen-bond acceptors (Lipinski definition) is 2. The lowest BCUT2D eigenvalue weighted by molar-refractivity contribution is 1.06. The maximum atomic E-state index is 5.15. The second kappa shape index (κ2) is 18.2. The lowest BCUT2D eigenvalue weighted by atomic mass is 9.83. The summed E-state index contributed by atoms with van der Waals surface area (Å²) in [4.78, 5) is 9.77. The van der Waals surface area contributed by atoms with Crippen molar-refractivity contribution in [3.05, 3.63) is 241 Å². The van der Waals surface area contributed by atoms with E-state index in [2.05, 4.69) is 225 Å². The first kappa shape index (κ1) is 41.8. The summed E-state index contributed by atoms with van der Waals surface area (Å²) >= 11 is 0. The van der Waals surface area contributed by atoms with E-state index in [9.17, 15) is 0 Å². The summed E-state index contributed by atoms with van der Waals surface area (Å²) in [6, 6.07) is 63.6. The molecule has 66 heavy (non-hydrogen) atoms. The fourth-order valence-electron chi connectivity index (χ4n) is 9.57. The van der Waals surface area contributed by atoms with E-state index in [0.29, 0.717) is 0 Å². The Hall–Kier alpha value is -8.14. The van der Waals surface area contributed by atoms with Gasteiger partial charge in [0.2, 0.25) is 0 Å². The van der Waals surface area contributed by atoms with Crippen LogP contribution in [0.5, 0.6) is 0 Å². The van der Waals surface area contributed by atoms with E-state index in [1.807, 2.05) is 31.2 Å². The number of para-hydroxylation sites is 1. The zero-order valence-corrected chi connectivity index (χ0v) is 38.0. The van der Waals surface area contributed by atoms with Crippen molar-refractivity contribution in [2.45, 2.75) is 34.1 Å². The maximum Gasteiger partial charge on any atom is 0.145 e. The van der Waals surface area contributed by atoms with Gasteiger partial charge >= 0.3 is 0 Å². The summed E-state index contributed by atoms with van der Waals surface area (Å²) in [5.41, 5.74) is 15.2. The molecule has 1 aliphatic heterocycles. The van der Waals surface area contributed by atoms with Crippen LogP contribution in [0.2, 0.25) is 0 Å². The number of nitrogens with zero attached hydrogens (tertiary/aromatic N) is 3. The summed E-state index contributed by atoms with van der Waals surface area (Å²) in [5.74, 6) is 0.911. The molecule has 0 atom stereocenters. The van der Waals surface area contributed by atoms with Gasteiger partial charge in [-0.3, -0.25) is 9.56 Å². The van der Waals surface area contributed by atoms with Crippen LogP contribution in [-0.2, 0) is 6.42 Å². The molecule has 2 heterocycles. The Morgan fingerprint density at radius 3 is 1.86 bits per heavy atom. The molecule has 10 aromatic rings. The number of fused-ring (bicyclic) bond motifs is 5. The number of rotatable bonds is 8. The van der Waals surface area contributed by atoms with Crippen LogP contribution in [0.25, 0.3) is 88.5 Å². The number of aromatic nitrogens is 2. The van der Waals surface area contributed by atoms with Crippen LogP contribution >= 0.6 is 0 Å². The Labute approximate surface area is 387 Å². The molecule has 0 radical (unpaired) electrons. The maximum absolute atomic E-state index is 5.15. The van der Waals surface area contributed by atoms with Crippen molar-refractivity contribution in [1.29, 1.82) is 0 Å². The van der Waals surface area contributed by atoms with Crippen molar-refractivity contribution in [1.82, 2.24) is 9.55 Å². The zero-order valence-electron chi connectivity index (χ0n) is 38.0. The molecule has 318 valence electrons. The summed E-state index contributed by atoms with van der Waals surface area (Å²) < 4.78 is 2.30. The third kappa shape index (κ3) is 7.79. The number of aliphatic imine (C=N–C) groups is 1. The fraction of sp³-hybridized carbons (Fsp3) is 0.0794. The minimum atomic E-state index is 0.911. The molecule has 0 N–H and O–H groups in total. The van der Waals surface area contributed by atoms with E-state index in [4.69, 9.17) is 4.98 Å². The third-order valence-corrected chi connectivity index (χ3v) is 12.7. The number of hydrogen-bond donors (Lipinski definition) is 0. The van der Waals surface area contributed by atoms with E-state index in [1.54, 1.807) is 0 Å². The molecule has 9 aromatic carbocycles. The standard InChI is InChI=1S/C49H36N2.C14H15N/c1-4-5-25-46-33(3)50-49(36-17-7-6-8-18-36)51(46)37-27-29-43-45(31-37)48(41-24-14-20-35-16-10-12-22-39(35)41)42-28-26-32(2)30-44(42)47(43)40-23-13-19-34-15-9-11-21-38(34)40;1-3-4-7-11(2)14-10-12-8-5-6-9-13(12)15-14/h4-31H,1H2,2-3H3;3-9H,10H2,1-2H3/b25-5-;4-3-,11-7+. The van der Waals surface area contributed by atoms with Gasteiger partial charge in [0.1, 0.15) is 5.82 Å². The smallest absolute Gasteiger partial charge is 0.145 e. The van der Waals surface area contributed by atoms with Crippen LogP contribution in [0.1, 0.15) is 36.4 Å². The van der Waals surface area contributed by atoms with Gasteiger partial charge in [0.15, 0.2) is 0 Å². The number of imidazole rings is 1. The molecule has 0 fully saturated rings. The van der Waals surface area contributed by atoms with Crippen molar-refractivity contribution < 1.29 is 0 Å². The highest BCUT2D eigenvalue weighted by Crippen LogP contribution is 2.48. The third-order valence-electron chi connectivity index (χ3n) is 12.7. The van der Waals surface area contributed by atoms with Crippen molar-refractivity contribution >= 4 is 60.6 Å². The van der Waals surface area contributed by atoms with E-state index in [-0.39, 0.29) is 0 Å². The largest absolute Gasteiger partial charge is 0.293 e. The molecule has 0 spiro atoms. The SMILES string of the molecule is C/C=C\C=C(/C)C1=Nc2ccccc2C1.C=C/C=C\c1c(C)nc(-c2ccccc2)n1-c1ccc2c(-c3cccc4ccccc34)c3cc(C)ccc3c(-c3cccc4ccccc34)c2c1.